The van der Waals surface area contributed by atoms with E-state index in [1.807, 2.05) is 31.2 Å². The molecule has 0 aliphatic carbocycles. The zero-order valence-corrected chi connectivity index (χ0v) is 17.3. The molecule has 0 heterocycles. The maximum atomic E-state index is 6.01. The molecule has 2 aromatic rings. The van der Waals surface area contributed by atoms with Crippen LogP contribution in [-0.2, 0) is 6.61 Å². The van der Waals surface area contributed by atoms with Gasteiger partial charge in [-0.25, -0.2) is 0 Å². The maximum absolute atomic E-state index is 6.01. The Morgan fingerprint density at radius 2 is 2.04 bits per heavy atom. The molecule has 0 aliphatic rings. The molecule has 132 valence electrons. The molecule has 0 bridgehead atoms. The minimum atomic E-state index is 0.390. The molecule has 0 unspecified atom stereocenters. The monoisotopic (exact) mass is 459 g/mol. The van der Waals surface area contributed by atoms with Crippen LogP contribution in [0.1, 0.15) is 18.1 Å². The van der Waals surface area contributed by atoms with Gasteiger partial charge < -0.3 is 10.1 Å². The lowest BCUT2D eigenvalue weighted by Crippen LogP contribution is -2.31. The average Bonchev–Trinajstić information content (AvgIpc) is 2.57. The quantitative estimate of drug-likeness (QED) is 0.355. The van der Waals surface area contributed by atoms with E-state index < -0.39 is 0 Å². The van der Waals surface area contributed by atoms with Gasteiger partial charge in [-0.2, -0.15) is 5.10 Å². The van der Waals surface area contributed by atoms with E-state index in [0.29, 0.717) is 21.8 Å². The number of nitrogens with one attached hydrogen (secondary N) is 2. The van der Waals surface area contributed by atoms with Crippen molar-refractivity contribution in [3.8, 4) is 5.75 Å². The van der Waals surface area contributed by atoms with E-state index in [4.69, 9.17) is 40.2 Å². The van der Waals surface area contributed by atoms with Gasteiger partial charge in [0.05, 0.1) is 20.7 Å². The number of rotatable bonds is 6. The van der Waals surface area contributed by atoms with Crippen LogP contribution in [0.4, 0.5) is 0 Å². The largest absolute Gasteiger partial charge is 0.488 e. The Bertz CT molecular complexity index is 786. The standard InChI is InChI=1S/C17H16BrCl2N3OS/c1-2-21-17(25)23-22-9-11-4-6-16(13(18)7-11)24-10-12-3-5-14(19)15(20)8-12/h3-9H,2,10H2,1H3,(H2,21,23,25)/b22-9-. The fraction of sp³-hybridized carbons (Fsp3) is 0.176. The van der Waals surface area contributed by atoms with Crippen LogP contribution in [0.25, 0.3) is 0 Å². The van der Waals surface area contributed by atoms with Gasteiger partial charge in [0.25, 0.3) is 0 Å². The average molecular weight is 461 g/mol. The Hall–Kier alpha value is -1.34. The molecular weight excluding hydrogens is 445 g/mol. The summed E-state index contributed by atoms with van der Waals surface area (Å²) < 4.78 is 6.63. The van der Waals surface area contributed by atoms with Gasteiger partial charge in [-0.05, 0) is 76.5 Å². The molecule has 0 saturated heterocycles. The van der Waals surface area contributed by atoms with Crippen molar-refractivity contribution in [1.82, 2.24) is 10.7 Å². The Morgan fingerprint density at radius 1 is 1.24 bits per heavy atom. The van der Waals surface area contributed by atoms with Crippen LogP contribution in [-0.4, -0.2) is 17.9 Å². The first-order valence-electron chi connectivity index (χ1n) is 7.42. The summed E-state index contributed by atoms with van der Waals surface area (Å²) in [5.74, 6) is 0.722. The number of nitrogens with zero attached hydrogens (tertiary/aromatic N) is 1. The summed E-state index contributed by atoms with van der Waals surface area (Å²) >= 11 is 20.4. The summed E-state index contributed by atoms with van der Waals surface area (Å²) in [6.45, 7) is 3.10. The van der Waals surface area contributed by atoms with Crippen LogP contribution in [0, 0.1) is 0 Å². The molecule has 2 rings (SSSR count). The molecule has 0 amide bonds. The maximum Gasteiger partial charge on any atom is 0.186 e. The van der Waals surface area contributed by atoms with Crippen molar-refractivity contribution in [2.75, 3.05) is 6.54 Å². The predicted octanol–water partition coefficient (Wildman–Crippen LogP) is 5.15. The molecule has 8 heteroatoms. The first-order valence-corrected chi connectivity index (χ1v) is 9.38. The molecule has 2 aromatic carbocycles. The van der Waals surface area contributed by atoms with Crippen LogP contribution in [0.2, 0.25) is 10.0 Å². The van der Waals surface area contributed by atoms with Crippen molar-refractivity contribution >= 4 is 62.7 Å². The lowest BCUT2D eigenvalue weighted by atomic mass is 10.2. The van der Waals surface area contributed by atoms with Crippen LogP contribution in [0.3, 0.4) is 0 Å². The van der Waals surface area contributed by atoms with Gasteiger partial charge >= 0.3 is 0 Å². The summed E-state index contributed by atoms with van der Waals surface area (Å²) in [4.78, 5) is 0. The lowest BCUT2D eigenvalue weighted by Gasteiger charge is -2.09. The Kier molecular flexibility index (Phi) is 7.96. The highest BCUT2D eigenvalue weighted by Crippen LogP contribution is 2.27. The third-order valence-corrected chi connectivity index (χ3v) is 4.65. The van der Waals surface area contributed by atoms with E-state index in [0.717, 1.165) is 27.9 Å². The molecule has 0 saturated carbocycles. The van der Waals surface area contributed by atoms with Gasteiger partial charge in [0.1, 0.15) is 12.4 Å². The number of thiocarbonyl (C=S) groups is 1. The normalized spacial score (nSPS) is 10.7. The van der Waals surface area contributed by atoms with Gasteiger partial charge in [0, 0.05) is 6.54 Å². The van der Waals surface area contributed by atoms with E-state index in [9.17, 15) is 0 Å². The number of hydrogen-bond donors (Lipinski definition) is 2. The number of hydrogen-bond acceptors (Lipinski definition) is 3. The summed E-state index contributed by atoms with van der Waals surface area (Å²) in [7, 11) is 0. The van der Waals surface area contributed by atoms with Gasteiger partial charge in [0.15, 0.2) is 5.11 Å². The lowest BCUT2D eigenvalue weighted by molar-refractivity contribution is 0.304. The zero-order valence-electron chi connectivity index (χ0n) is 13.4. The van der Waals surface area contributed by atoms with E-state index in [-0.39, 0.29) is 0 Å². The second kappa shape index (κ2) is 9.97. The van der Waals surface area contributed by atoms with Crippen LogP contribution < -0.4 is 15.5 Å². The minimum absolute atomic E-state index is 0.390. The molecule has 25 heavy (non-hydrogen) atoms. The Balaban J connectivity index is 1.95. The van der Waals surface area contributed by atoms with Gasteiger partial charge in [-0.3, -0.25) is 5.43 Å². The van der Waals surface area contributed by atoms with Crippen molar-refractivity contribution in [2.24, 2.45) is 5.10 Å². The number of halogens is 3. The van der Waals surface area contributed by atoms with Gasteiger partial charge in [-0.1, -0.05) is 29.3 Å². The predicted molar refractivity (Wildman–Crippen MR) is 112 cm³/mol. The number of hydrazone groups is 1. The fourth-order valence-corrected chi connectivity index (χ4v) is 2.90. The van der Waals surface area contributed by atoms with Crippen LogP contribution >= 0.6 is 51.3 Å². The highest BCUT2D eigenvalue weighted by Gasteiger charge is 2.04. The third kappa shape index (κ3) is 6.47. The molecule has 4 nitrogen and oxygen atoms in total. The molecular formula is C17H16BrCl2N3OS. The highest BCUT2D eigenvalue weighted by molar-refractivity contribution is 9.10. The van der Waals surface area contributed by atoms with E-state index in [1.165, 1.54) is 0 Å². The molecule has 0 aliphatic heterocycles. The molecule has 2 N–H and O–H groups in total. The van der Waals surface area contributed by atoms with Crippen molar-refractivity contribution in [1.29, 1.82) is 0 Å². The van der Waals surface area contributed by atoms with Crippen LogP contribution in [0.15, 0.2) is 46.0 Å². The molecule has 0 spiro atoms. The highest BCUT2D eigenvalue weighted by atomic mass is 79.9. The molecule has 0 aromatic heterocycles. The first-order chi connectivity index (χ1) is 12.0. The SMILES string of the molecule is CCNC(=S)N/N=C\c1ccc(OCc2ccc(Cl)c(Cl)c2)c(Br)c1. The van der Waals surface area contributed by atoms with Crippen molar-refractivity contribution in [3.63, 3.8) is 0 Å². The summed E-state index contributed by atoms with van der Waals surface area (Å²) in [6.07, 6.45) is 1.68. The van der Waals surface area contributed by atoms with E-state index in [2.05, 4.69) is 31.8 Å². The van der Waals surface area contributed by atoms with Crippen molar-refractivity contribution < 1.29 is 4.74 Å². The minimum Gasteiger partial charge on any atom is -0.488 e. The first kappa shape index (κ1) is 20.0. The topological polar surface area (TPSA) is 45.7 Å². The molecule has 0 fully saturated rings. The number of ether oxygens (including phenoxy) is 1. The summed E-state index contributed by atoms with van der Waals surface area (Å²) in [6, 6.07) is 11.1. The number of benzene rings is 2. The second-order valence-corrected chi connectivity index (χ2v) is 7.03. The Labute approximate surface area is 170 Å². The smallest absolute Gasteiger partial charge is 0.186 e. The second-order valence-electron chi connectivity index (χ2n) is 4.96. The molecule has 0 atom stereocenters. The third-order valence-electron chi connectivity index (χ3n) is 3.05. The van der Waals surface area contributed by atoms with Gasteiger partial charge in [0.2, 0.25) is 0 Å². The van der Waals surface area contributed by atoms with E-state index in [1.54, 1.807) is 18.3 Å². The van der Waals surface area contributed by atoms with E-state index >= 15 is 0 Å². The summed E-state index contributed by atoms with van der Waals surface area (Å²) in [5, 5.41) is 8.55. The zero-order chi connectivity index (χ0) is 18.2. The van der Waals surface area contributed by atoms with Crippen molar-refractivity contribution in [3.05, 3.63) is 62.0 Å². The van der Waals surface area contributed by atoms with Crippen molar-refractivity contribution in [2.45, 2.75) is 13.5 Å². The molecule has 0 radical (unpaired) electrons. The fourth-order valence-electron chi connectivity index (χ4n) is 1.87. The van der Waals surface area contributed by atoms with Gasteiger partial charge in [-0.15, -0.1) is 0 Å². The summed E-state index contributed by atoms with van der Waals surface area (Å²) in [5.41, 5.74) is 4.58. The Morgan fingerprint density at radius 3 is 2.72 bits per heavy atom. The van der Waals surface area contributed by atoms with Crippen LogP contribution in [0.5, 0.6) is 5.75 Å².